The second kappa shape index (κ2) is 8.04. The van der Waals surface area contributed by atoms with Crippen LogP contribution >= 0.6 is 31.9 Å². The van der Waals surface area contributed by atoms with Gasteiger partial charge in [-0.3, -0.25) is 4.55 Å². The first kappa shape index (κ1) is 21.2. The molecule has 1 aromatic heterocycles. The third-order valence-electron chi connectivity index (χ3n) is 5.14. The molecular formula is C24H14Br2N2O3S. The van der Waals surface area contributed by atoms with Gasteiger partial charge >= 0.3 is 10.1 Å². The highest BCUT2D eigenvalue weighted by molar-refractivity contribution is 9.10. The molecule has 1 heterocycles. The van der Waals surface area contributed by atoms with E-state index in [1.165, 1.54) is 0 Å². The zero-order valence-corrected chi connectivity index (χ0v) is 20.3. The molecule has 0 saturated carbocycles. The Morgan fingerprint density at radius 1 is 0.750 bits per heavy atom. The van der Waals surface area contributed by atoms with E-state index in [0.29, 0.717) is 16.6 Å². The Hall–Kier alpha value is -2.65. The van der Waals surface area contributed by atoms with Gasteiger partial charge in [0.1, 0.15) is 5.69 Å². The molecule has 0 amide bonds. The number of hydrogen-bond donors (Lipinski definition) is 1. The summed E-state index contributed by atoms with van der Waals surface area (Å²) in [6, 6.07) is 24.4. The molecule has 0 aliphatic heterocycles. The number of benzene rings is 4. The fourth-order valence-corrected chi connectivity index (χ4v) is 4.87. The van der Waals surface area contributed by atoms with E-state index in [0.717, 1.165) is 30.8 Å². The summed E-state index contributed by atoms with van der Waals surface area (Å²) in [6.45, 7) is 0. The molecule has 0 spiro atoms. The lowest BCUT2D eigenvalue weighted by Gasteiger charge is -2.14. The van der Waals surface area contributed by atoms with Gasteiger partial charge in [0.2, 0.25) is 5.03 Å². The molecule has 5 rings (SSSR count). The van der Waals surface area contributed by atoms with Crippen molar-refractivity contribution in [1.82, 2.24) is 9.97 Å². The lowest BCUT2D eigenvalue weighted by molar-refractivity contribution is 0.480. The average molecular weight is 570 g/mol. The molecule has 32 heavy (non-hydrogen) atoms. The van der Waals surface area contributed by atoms with Crippen molar-refractivity contribution >= 4 is 63.8 Å². The van der Waals surface area contributed by atoms with Gasteiger partial charge in [-0.15, -0.1) is 0 Å². The second-order valence-corrected chi connectivity index (χ2v) is 10.4. The standard InChI is InChI=1S/C24H14Br2N2O3S/c25-17-9-5-14(6-10-17)21-19-4-2-1-3-16(19)13-20-23(21)28-24(32(29,30)31)22(27-20)15-7-11-18(26)12-8-15/h1-13H,(H,29,30,31). The van der Waals surface area contributed by atoms with Gasteiger partial charge in [0.15, 0.2) is 0 Å². The van der Waals surface area contributed by atoms with Gasteiger partial charge in [-0.1, -0.05) is 80.4 Å². The highest BCUT2D eigenvalue weighted by Gasteiger charge is 2.24. The number of fused-ring (bicyclic) bond motifs is 2. The van der Waals surface area contributed by atoms with Crippen molar-refractivity contribution in [1.29, 1.82) is 0 Å². The first-order chi connectivity index (χ1) is 15.3. The Labute approximate surface area is 201 Å². The van der Waals surface area contributed by atoms with Crippen molar-refractivity contribution in [3.63, 3.8) is 0 Å². The van der Waals surface area contributed by atoms with E-state index in [1.807, 2.05) is 54.6 Å². The minimum absolute atomic E-state index is 0.101. The zero-order valence-electron chi connectivity index (χ0n) is 16.3. The molecule has 0 atom stereocenters. The molecule has 8 heteroatoms. The molecule has 1 N–H and O–H groups in total. The van der Waals surface area contributed by atoms with E-state index >= 15 is 0 Å². The minimum atomic E-state index is -4.63. The zero-order chi connectivity index (χ0) is 22.5. The summed E-state index contributed by atoms with van der Waals surface area (Å²) < 4.78 is 36.4. The lowest BCUT2D eigenvalue weighted by Crippen LogP contribution is -2.07. The van der Waals surface area contributed by atoms with Crippen LogP contribution in [0.15, 0.2) is 92.8 Å². The molecule has 4 aromatic carbocycles. The van der Waals surface area contributed by atoms with Crippen LogP contribution < -0.4 is 0 Å². The van der Waals surface area contributed by atoms with E-state index < -0.39 is 15.1 Å². The van der Waals surface area contributed by atoms with Crippen LogP contribution in [0.2, 0.25) is 0 Å². The monoisotopic (exact) mass is 568 g/mol. The summed E-state index contributed by atoms with van der Waals surface area (Å²) in [5.74, 6) is 0. The molecular weight excluding hydrogens is 556 g/mol. The largest absolute Gasteiger partial charge is 0.314 e. The molecule has 5 aromatic rings. The lowest BCUT2D eigenvalue weighted by atomic mass is 9.96. The van der Waals surface area contributed by atoms with Gasteiger partial charge < -0.3 is 0 Å². The van der Waals surface area contributed by atoms with Crippen molar-refractivity contribution < 1.29 is 13.0 Å². The maximum Gasteiger partial charge on any atom is 0.314 e. The third-order valence-corrected chi connectivity index (χ3v) is 6.98. The highest BCUT2D eigenvalue weighted by Crippen LogP contribution is 2.37. The number of aromatic nitrogens is 2. The maximum absolute atomic E-state index is 12.3. The van der Waals surface area contributed by atoms with Gasteiger partial charge in [-0.25, -0.2) is 9.97 Å². The van der Waals surface area contributed by atoms with Gasteiger partial charge in [0, 0.05) is 20.1 Å². The molecule has 0 aliphatic carbocycles. The fourth-order valence-electron chi connectivity index (χ4n) is 3.73. The number of rotatable bonds is 3. The fraction of sp³-hybridized carbons (Fsp3) is 0. The van der Waals surface area contributed by atoms with Crippen LogP contribution in [0.25, 0.3) is 44.2 Å². The summed E-state index contributed by atoms with van der Waals surface area (Å²) in [5.41, 5.74) is 3.19. The Balaban J connectivity index is 1.93. The predicted molar refractivity (Wildman–Crippen MR) is 133 cm³/mol. The van der Waals surface area contributed by atoms with Crippen LogP contribution in [-0.4, -0.2) is 22.9 Å². The maximum atomic E-state index is 12.3. The molecule has 0 radical (unpaired) electrons. The Bertz CT molecular complexity index is 1600. The van der Waals surface area contributed by atoms with E-state index in [9.17, 15) is 13.0 Å². The SMILES string of the molecule is O=S(=O)(O)c1nc2c(-c3ccc(Br)cc3)c3ccccc3cc2nc1-c1ccc(Br)cc1. The van der Waals surface area contributed by atoms with E-state index in [4.69, 9.17) is 0 Å². The summed E-state index contributed by atoms with van der Waals surface area (Å²) >= 11 is 6.83. The quantitative estimate of drug-likeness (QED) is 0.189. The van der Waals surface area contributed by atoms with Crippen molar-refractivity contribution in [3.8, 4) is 22.4 Å². The summed E-state index contributed by atoms with van der Waals surface area (Å²) in [4.78, 5) is 9.14. The van der Waals surface area contributed by atoms with Crippen molar-refractivity contribution in [2.45, 2.75) is 5.03 Å². The van der Waals surface area contributed by atoms with Crippen molar-refractivity contribution in [2.75, 3.05) is 0 Å². The van der Waals surface area contributed by atoms with Crippen LogP contribution in [0, 0.1) is 0 Å². The number of nitrogens with zero attached hydrogens (tertiary/aromatic N) is 2. The van der Waals surface area contributed by atoms with Gasteiger partial charge in [0.25, 0.3) is 0 Å². The summed E-state index contributed by atoms with van der Waals surface area (Å²) in [7, 11) is -4.63. The van der Waals surface area contributed by atoms with Gasteiger partial charge in [-0.2, -0.15) is 8.42 Å². The average Bonchev–Trinajstić information content (AvgIpc) is 2.77. The molecule has 5 nitrogen and oxygen atoms in total. The Morgan fingerprint density at radius 2 is 1.34 bits per heavy atom. The molecule has 158 valence electrons. The van der Waals surface area contributed by atoms with Crippen LogP contribution in [0.3, 0.4) is 0 Å². The number of halogens is 2. The molecule has 0 saturated heterocycles. The topological polar surface area (TPSA) is 80.2 Å². The van der Waals surface area contributed by atoms with Crippen molar-refractivity contribution in [2.24, 2.45) is 0 Å². The van der Waals surface area contributed by atoms with E-state index in [2.05, 4.69) is 41.8 Å². The summed E-state index contributed by atoms with van der Waals surface area (Å²) in [6.07, 6.45) is 0. The minimum Gasteiger partial charge on any atom is -0.281 e. The smallest absolute Gasteiger partial charge is 0.281 e. The van der Waals surface area contributed by atoms with E-state index in [1.54, 1.807) is 24.3 Å². The molecule has 0 unspecified atom stereocenters. The Morgan fingerprint density at radius 3 is 1.97 bits per heavy atom. The summed E-state index contributed by atoms with van der Waals surface area (Å²) in [5, 5.41) is 1.39. The Kier molecular flexibility index (Phi) is 5.33. The molecule has 0 bridgehead atoms. The van der Waals surface area contributed by atoms with Crippen LogP contribution in [-0.2, 0) is 10.1 Å². The van der Waals surface area contributed by atoms with Crippen LogP contribution in [0.5, 0.6) is 0 Å². The highest BCUT2D eigenvalue weighted by atomic mass is 79.9. The normalized spacial score (nSPS) is 11.8. The van der Waals surface area contributed by atoms with Gasteiger partial charge in [-0.05, 0) is 46.7 Å². The van der Waals surface area contributed by atoms with Gasteiger partial charge in [0.05, 0.1) is 11.0 Å². The van der Waals surface area contributed by atoms with Crippen molar-refractivity contribution in [3.05, 3.63) is 87.8 Å². The molecule has 0 fully saturated rings. The van der Waals surface area contributed by atoms with Crippen LogP contribution in [0.1, 0.15) is 0 Å². The van der Waals surface area contributed by atoms with Crippen LogP contribution in [0.4, 0.5) is 0 Å². The van der Waals surface area contributed by atoms with E-state index in [-0.39, 0.29) is 5.69 Å². The number of hydrogen-bond acceptors (Lipinski definition) is 4. The second-order valence-electron chi connectivity index (χ2n) is 7.21. The first-order valence-corrected chi connectivity index (χ1v) is 12.6. The predicted octanol–water partition coefficient (Wildman–Crippen LogP) is 6.89. The first-order valence-electron chi connectivity index (χ1n) is 9.54. The molecule has 0 aliphatic rings. The third kappa shape index (κ3) is 3.84.